The van der Waals surface area contributed by atoms with Crippen molar-refractivity contribution in [1.29, 1.82) is 0 Å². The molecule has 19 heavy (non-hydrogen) atoms. The van der Waals surface area contributed by atoms with E-state index in [2.05, 4.69) is 18.1 Å². The van der Waals surface area contributed by atoms with Gasteiger partial charge in [-0.3, -0.25) is 4.90 Å². The van der Waals surface area contributed by atoms with Gasteiger partial charge in [-0.25, -0.2) is 0 Å². The zero-order chi connectivity index (χ0) is 13.7. The maximum absolute atomic E-state index is 5.96. The summed E-state index contributed by atoms with van der Waals surface area (Å²) in [6, 6.07) is 7.85. The Morgan fingerprint density at radius 2 is 2.00 bits per heavy atom. The van der Waals surface area contributed by atoms with Crippen molar-refractivity contribution in [1.82, 2.24) is 4.90 Å². The van der Waals surface area contributed by atoms with Gasteiger partial charge in [0.1, 0.15) is 6.10 Å². The van der Waals surface area contributed by atoms with Crippen LogP contribution in [0.15, 0.2) is 24.3 Å². The lowest BCUT2D eigenvalue weighted by Crippen LogP contribution is -2.54. The first-order valence-electron chi connectivity index (χ1n) is 6.77. The molecule has 0 aromatic heterocycles. The van der Waals surface area contributed by atoms with E-state index in [1.165, 1.54) is 13.0 Å². The number of ether oxygens (including phenoxy) is 2. The largest absolute Gasteiger partial charge is 0.493 e. The molecule has 106 valence electrons. The lowest BCUT2D eigenvalue weighted by Gasteiger charge is -2.39. The number of hydrogen-bond donors (Lipinski definition) is 0. The van der Waals surface area contributed by atoms with Gasteiger partial charge in [-0.1, -0.05) is 19.1 Å². The SMILES string of the molecule is COc1ccccc1OC1CN(CC[C@@H](C)SC)C1. The molecule has 1 saturated heterocycles. The highest BCUT2D eigenvalue weighted by molar-refractivity contribution is 7.99. The molecule has 0 spiro atoms. The summed E-state index contributed by atoms with van der Waals surface area (Å²) in [5, 5.41) is 0.745. The van der Waals surface area contributed by atoms with Crippen molar-refractivity contribution in [2.24, 2.45) is 0 Å². The van der Waals surface area contributed by atoms with Gasteiger partial charge >= 0.3 is 0 Å². The number of benzene rings is 1. The van der Waals surface area contributed by atoms with Crippen molar-refractivity contribution in [2.75, 3.05) is 33.0 Å². The molecule has 0 N–H and O–H groups in total. The van der Waals surface area contributed by atoms with Crippen molar-refractivity contribution >= 4 is 11.8 Å². The molecule has 4 heteroatoms. The predicted molar refractivity (Wildman–Crippen MR) is 81.4 cm³/mol. The van der Waals surface area contributed by atoms with Gasteiger partial charge in [0.05, 0.1) is 7.11 Å². The highest BCUT2D eigenvalue weighted by Crippen LogP contribution is 2.28. The standard InChI is InChI=1S/C15H23NO2S/c1-12(19-3)8-9-16-10-13(11-16)18-15-7-5-4-6-14(15)17-2/h4-7,12-13H,8-11H2,1-3H3/t12-/m1/s1. The zero-order valence-electron chi connectivity index (χ0n) is 12.0. The molecule has 1 heterocycles. The number of likely N-dealkylation sites (tertiary alicyclic amines) is 1. The van der Waals surface area contributed by atoms with E-state index in [0.29, 0.717) is 6.10 Å². The monoisotopic (exact) mass is 281 g/mol. The number of hydrogen-bond acceptors (Lipinski definition) is 4. The average Bonchev–Trinajstić information content (AvgIpc) is 2.41. The first kappa shape index (κ1) is 14.5. The van der Waals surface area contributed by atoms with Gasteiger partial charge in [0, 0.05) is 18.3 Å². The van der Waals surface area contributed by atoms with Crippen LogP contribution in [-0.4, -0.2) is 49.3 Å². The summed E-state index contributed by atoms with van der Waals surface area (Å²) in [5.41, 5.74) is 0. The van der Waals surface area contributed by atoms with Crippen LogP contribution in [0.1, 0.15) is 13.3 Å². The first-order chi connectivity index (χ1) is 9.22. The molecule has 0 unspecified atom stereocenters. The van der Waals surface area contributed by atoms with E-state index in [1.54, 1.807) is 7.11 Å². The van der Waals surface area contributed by atoms with Crippen LogP contribution in [0.5, 0.6) is 11.5 Å². The van der Waals surface area contributed by atoms with Gasteiger partial charge in [-0.05, 0) is 31.4 Å². The second-order valence-corrected chi connectivity index (χ2v) is 6.26. The van der Waals surface area contributed by atoms with Crippen molar-refractivity contribution in [3.63, 3.8) is 0 Å². The quantitative estimate of drug-likeness (QED) is 0.766. The number of thioether (sulfide) groups is 1. The molecule has 1 aliphatic rings. The molecule has 0 bridgehead atoms. The van der Waals surface area contributed by atoms with Crippen LogP contribution in [0.2, 0.25) is 0 Å². The minimum Gasteiger partial charge on any atom is -0.493 e. The molecule has 1 fully saturated rings. The predicted octanol–water partition coefficient (Wildman–Crippen LogP) is 2.90. The van der Waals surface area contributed by atoms with Gasteiger partial charge in [-0.2, -0.15) is 11.8 Å². The van der Waals surface area contributed by atoms with Crippen molar-refractivity contribution in [2.45, 2.75) is 24.7 Å². The minimum absolute atomic E-state index is 0.306. The molecular weight excluding hydrogens is 258 g/mol. The summed E-state index contributed by atoms with van der Waals surface area (Å²) in [6.45, 7) is 5.51. The average molecular weight is 281 g/mol. The fourth-order valence-electron chi connectivity index (χ4n) is 2.16. The molecular formula is C15H23NO2S. The topological polar surface area (TPSA) is 21.7 Å². The highest BCUT2D eigenvalue weighted by atomic mass is 32.2. The Kier molecular flexibility index (Phi) is 5.40. The van der Waals surface area contributed by atoms with E-state index in [4.69, 9.17) is 9.47 Å². The fraction of sp³-hybridized carbons (Fsp3) is 0.600. The minimum atomic E-state index is 0.306. The summed E-state index contributed by atoms with van der Waals surface area (Å²) in [7, 11) is 1.68. The second-order valence-electron chi connectivity index (χ2n) is 4.99. The Balaban J connectivity index is 1.72. The van der Waals surface area contributed by atoms with E-state index < -0.39 is 0 Å². The molecule has 0 radical (unpaired) electrons. The molecule has 0 amide bonds. The third kappa shape index (κ3) is 4.05. The molecule has 1 aromatic rings. The molecule has 2 rings (SSSR count). The Morgan fingerprint density at radius 3 is 2.63 bits per heavy atom. The molecule has 1 aromatic carbocycles. The van der Waals surface area contributed by atoms with Crippen LogP contribution in [-0.2, 0) is 0 Å². The van der Waals surface area contributed by atoms with Gasteiger partial charge in [0.2, 0.25) is 0 Å². The van der Waals surface area contributed by atoms with Gasteiger partial charge in [0.25, 0.3) is 0 Å². The Bertz CT molecular complexity index is 393. The van der Waals surface area contributed by atoms with E-state index in [1.807, 2.05) is 36.0 Å². The van der Waals surface area contributed by atoms with Crippen molar-refractivity contribution < 1.29 is 9.47 Å². The molecule has 3 nitrogen and oxygen atoms in total. The third-order valence-corrected chi connectivity index (χ3v) is 4.58. The third-order valence-electron chi connectivity index (χ3n) is 3.54. The smallest absolute Gasteiger partial charge is 0.161 e. The van der Waals surface area contributed by atoms with E-state index >= 15 is 0 Å². The summed E-state index contributed by atoms with van der Waals surface area (Å²) in [4.78, 5) is 2.45. The number of methoxy groups -OCH3 is 1. The zero-order valence-corrected chi connectivity index (χ0v) is 12.8. The second kappa shape index (κ2) is 7.06. The highest BCUT2D eigenvalue weighted by Gasteiger charge is 2.28. The van der Waals surface area contributed by atoms with Gasteiger partial charge < -0.3 is 9.47 Å². The number of para-hydroxylation sites is 2. The van der Waals surface area contributed by atoms with Crippen LogP contribution in [0.3, 0.4) is 0 Å². The lowest BCUT2D eigenvalue weighted by molar-refractivity contribution is 0.0181. The maximum Gasteiger partial charge on any atom is 0.161 e. The lowest BCUT2D eigenvalue weighted by atomic mass is 10.1. The van der Waals surface area contributed by atoms with Crippen molar-refractivity contribution in [3.8, 4) is 11.5 Å². The Morgan fingerprint density at radius 1 is 1.32 bits per heavy atom. The van der Waals surface area contributed by atoms with E-state index in [9.17, 15) is 0 Å². The summed E-state index contributed by atoms with van der Waals surface area (Å²) < 4.78 is 11.3. The summed E-state index contributed by atoms with van der Waals surface area (Å²) >= 11 is 1.94. The summed E-state index contributed by atoms with van der Waals surface area (Å²) in [5.74, 6) is 1.67. The molecule has 0 aliphatic carbocycles. The van der Waals surface area contributed by atoms with Crippen LogP contribution in [0.4, 0.5) is 0 Å². The van der Waals surface area contributed by atoms with E-state index in [0.717, 1.165) is 29.8 Å². The van der Waals surface area contributed by atoms with E-state index in [-0.39, 0.29) is 0 Å². The first-order valence-corrected chi connectivity index (χ1v) is 8.06. The number of nitrogens with zero attached hydrogens (tertiary/aromatic N) is 1. The van der Waals surface area contributed by atoms with Crippen LogP contribution >= 0.6 is 11.8 Å². The van der Waals surface area contributed by atoms with Gasteiger partial charge in [-0.15, -0.1) is 0 Å². The number of rotatable bonds is 7. The maximum atomic E-state index is 5.96. The molecule has 0 saturated carbocycles. The molecule has 1 aliphatic heterocycles. The van der Waals surface area contributed by atoms with Crippen LogP contribution in [0.25, 0.3) is 0 Å². The van der Waals surface area contributed by atoms with Gasteiger partial charge in [0.15, 0.2) is 11.5 Å². The Hall–Kier alpha value is -0.870. The molecule has 1 atom stereocenters. The Labute approximate surface area is 120 Å². The fourth-order valence-corrected chi connectivity index (χ4v) is 2.50. The summed E-state index contributed by atoms with van der Waals surface area (Å²) in [6.07, 6.45) is 3.73. The normalized spacial score (nSPS) is 17.8. The van der Waals surface area contributed by atoms with Crippen LogP contribution in [0, 0.1) is 0 Å². The van der Waals surface area contributed by atoms with Crippen molar-refractivity contribution in [3.05, 3.63) is 24.3 Å². The van der Waals surface area contributed by atoms with Crippen LogP contribution < -0.4 is 9.47 Å².